The summed E-state index contributed by atoms with van der Waals surface area (Å²) in [4.78, 5) is 11.4. The number of benzene rings is 1. The zero-order valence-corrected chi connectivity index (χ0v) is 8.40. The van der Waals surface area contributed by atoms with Gasteiger partial charge in [0.1, 0.15) is 0 Å². The van der Waals surface area contributed by atoms with E-state index in [0.717, 1.165) is 0 Å². The first-order chi connectivity index (χ1) is 6.61. The molecular formula is C11H15NO2. The molecule has 1 aromatic rings. The molecule has 0 aliphatic carbocycles. The first kappa shape index (κ1) is 10.7. The SMILES string of the molecule is CC(C)NC(=O)[C@@H](O)c1ccccc1. The van der Waals surface area contributed by atoms with E-state index in [4.69, 9.17) is 0 Å². The van der Waals surface area contributed by atoms with Gasteiger partial charge in [-0.2, -0.15) is 0 Å². The van der Waals surface area contributed by atoms with E-state index in [1.165, 1.54) is 0 Å². The molecule has 1 atom stereocenters. The molecule has 3 heteroatoms. The van der Waals surface area contributed by atoms with E-state index in [2.05, 4.69) is 5.32 Å². The number of nitrogens with one attached hydrogen (secondary N) is 1. The van der Waals surface area contributed by atoms with Crippen molar-refractivity contribution in [2.24, 2.45) is 0 Å². The quantitative estimate of drug-likeness (QED) is 0.759. The van der Waals surface area contributed by atoms with E-state index in [1.54, 1.807) is 24.3 Å². The van der Waals surface area contributed by atoms with E-state index in [0.29, 0.717) is 5.56 Å². The van der Waals surface area contributed by atoms with Crippen LogP contribution in [0.15, 0.2) is 30.3 Å². The monoisotopic (exact) mass is 193 g/mol. The standard InChI is InChI=1S/C11H15NO2/c1-8(2)12-11(14)10(13)9-6-4-3-5-7-9/h3-8,10,13H,1-2H3,(H,12,14)/t10-/m0/s1. The minimum atomic E-state index is -1.07. The zero-order chi connectivity index (χ0) is 10.6. The number of carbonyl (C=O) groups excluding carboxylic acids is 1. The Hall–Kier alpha value is -1.35. The first-order valence-electron chi connectivity index (χ1n) is 4.64. The summed E-state index contributed by atoms with van der Waals surface area (Å²) in [6, 6.07) is 8.93. The third kappa shape index (κ3) is 2.85. The molecular weight excluding hydrogens is 178 g/mol. The smallest absolute Gasteiger partial charge is 0.253 e. The fourth-order valence-electron chi connectivity index (χ4n) is 1.15. The van der Waals surface area contributed by atoms with Crippen LogP contribution in [0.1, 0.15) is 25.5 Å². The summed E-state index contributed by atoms with van der Waals surface area (Å²) in [5.74, 6) is -0.355. The number of hydrogen-bond donors (Lipinski definition) is 2. The maximum atomic E-state index is 11.4. The Morgan fingerprint density at radius 1 is 1.29 bits per heavy atom. The van der Waals surface area contributed by atoms with E-state index in [-0.39, 0.29) is 11.9 Å². The van der Waals surface area contributed by atoms with Crippen molar-refractivity contribution in [3.05, 3.63) is 35.9 Å². The van der Waals surface area contributed by atoms with Crippen molar-refractivity contribution in [3.63, 3.8) is 0 Å². The Morgan fingerprint density at radius 3 is 2.36 bits per heavy atom. The molecule has 0 unspecified atom stereocenters. The van der Waals surface area contributed by atoms with Crippen molar-refractivity contribution < 1.29 is 9.90 Å². The van der Waals surface area contributed by atoms with E-state index in [1.807, 2.05) is 19.9 Å². The molecule has 76 valence electrons. The van der Waals surface area contributed by atoms with Crippen LogP contribution in [-0.2, 0) is 4.79 Å². The molecule has 0 fully saturated rings. The number of aliphatic hydroxyl groups excluding tert-OH is 1. The van der Waals surface area contributed by atoms with Gasteiger partial charge in [-0.25, -0.2) is 0 Å². The molecule has 0 aliphatic heterocycles. The number of hydrogen-bond acceptors (Lipinski definition) is 2. The fraction of sp³-hybridized carbons (Fsp3) is 0.364. The van der Waals surface area contributed by atoms with Crippen molar-refractivity contribution in [1.82, 2.24) is 5.32 Å². The Labute approximate surface area is 83.8 Å². The second-order valence-corrected chi connectivity index (χ2v) is 3.48. The lowest BCUT2D eigenvalue weighted by Crippen LogP contribution is -2.34. The maximum Gasteiger partial charge on any atom is 0.253 e. The predicted octanol–water partition coefficient (Wildman–Crippen LogP) is 1.24. The Bertz CT molecular complexity index is 295. The highest BCUT2D eigenvalue weighted by Gasteiger charge is 2.16. The summed E-state index contributed by atoms with van der Waals surface area (Å²) in [6.07, 6.45) is -1.07. The van der Waals surface area contributed by atoms with Crippen molar-refractivity contribution in [2.75, 3.05) is 0 Å². The second kappa shape index (κ2) is 4.77. The van der Waals surface area contributed by atoms with E-state index in [9.17, 15) is 9.90 Å². The van der Waals surface area contributed by atoms with E-state index >= 15 is 0 Å². The molecule has 0 heterocycles. The van der Waals surface area contributed by atoms with Crippen LogP contribution in [0.3, 0.4) is 0 Å². The molecule has 1 amide bonds. The summed E-state index contributed by atoms with van der Waals surface area (Å²) < 4.78 is 0. The van der Waals surface area contributed by atoms with Gasteiger partial charge in [-0.05, 0) is 19.4 Å². The fourth-order valence-corrected chi connectivity index (χ4v) is 1.15. The van der Waals surface area contributed by atoms with Crippen LogP contribution in [0.4, 0.5) is 0 Å². The Balaban J connectivity index is 2.66. The highest BCUT2D eigenvalue weighted by Crippen LogP contribution is 2.11. The third-order valence-electron chi connectivity index (χ3n) is 1.79. The van der Waals surface area contributed by atoms with Gasteiger partial charge in [-0.3, -0.25) is 4.79 Å². The normalized spacial score (nSPS) is 12.6. The Morgan fingerprint density at radius 2 is 1.86 bits per heavy atom. The van der Waals surface area contributed by atoms with Crippen LogP contribution in [0, 0.1) is 0 Å². The van der Waals surface area contributed by atoms with Gasteiger partial charge in [-0.15, -0.1) is 0 Å². The molecule has 0 bridgehead atoms. The third-order valence-corrected chi connectivity index (χ3v) is 1.79. The molecule has 0 saturated heterocycles. The second-order valence-electron chi connectivity index (χ2n) is 3.48. The highest BCUT2D eigenvalue weighted by atomic mass is 16.3. The largest absolute Gasteiger partial charge is 0.378 e. The lowest BCUT2D eigenvalue weighted by atomic mass is 10.1. The summed E-state index contributed by atoms with van der Waals surface area (Å²) in [6.45, 7) is 3.71. The van der Waals surface area contributed by atoms with Crippen molar-refractivity contribution >= 4 is 5.91 Å². The van der Waals surface area contributed by atoms with Gasteiger partial charge in [0.2, 0.25) is 0 Å². The molecule has 0 radical (unpaired) electrons. The topological polar surface area (TPSA) is 49.3 Å². The summed E-state index contributed by atoms with van der Waals surface area (Å²) in [5, 5.41) is 12.3. The highest BCUT2D eigenvalue weighted by molar-refractivity contribution is 5.82. The number of amides is 1. The van der Waals surface area contributed by atoms with Crippen LogP contribution in [-0.4, -0.2) is 17.1 Å². The maximum absolute atomic E-state index is 11.4. The molecule has 2 N–H and O–H groups in total. The molecule has 3 nitrogen and oxygen atoms in total. The zero-order valence-electron chi connectivity index (χ0n) is 8.40. The summed E-state index contributed by atoms with van der Waals surface area (Å²) in [5.41, 5.74) is 0.616. The molecule has 0 aromatic heterocycles. The van der Waals surface area contributed by atoms with E-state index < -0.39 is 6.10 Å². The number of carbonyl (C=O) groups is 1. The minimum absolute atomic E-state index is 0.0425. The molecule has 1 aromatic carbocycles. The van der Waals surface area contributed by atoms with Crippen molar-refractivity contribution in [1.29, 1.82) is 0 Å². The van der Waals surface area contributed by atoms with Gasteiger partial charge in [0.25, 0.3) is 5.91 Å². The molecule has 0 saturated carbocycles. The summed E-state index contributed by atoms with van der Waals surface area (Å²) >= 11 is 0. The first-order valence-corrected chi connectivity index (χ1v) is 4.64. The lowest BCUT2D eigenvalue weighted by Gasteiger charge is -2.13. The average Bonchev–Trinajstić information content (AvgIpc) is 2.17. The van der Waals surface area contributed by atoms with Crippen molar-refractivity contribution in [2.45, 2.75) is 26.0 Å². The summed E-state index contributed by atoms with van der Waals surface area (Å²) in [7, 11) is 0. The Kier molecular flexibility index (Phi) is 3.65. The lowest BCUT2D eigenvalue weighted by molar-refractivity contribution is -0.130. The van der Waals surface area contributed by atoms with Crippen LogP contribution in [0.2, 0.25) is 0 Å². The number of rotatable bonds is 3. The number of aliphatic hydroxyl groups is 1. The molecule has 1 rings (SSSR count). The van der Waals surface area contributed by atoms with Crippen LogP contribution < -0.4 is 5.32 Å². The van der Waals surface area contributed by atoms with Crippen LogP contribution in [0.5, 0.6) is 0 Å². The van der Waals surface area contributed by atoms with Gasteiger partial charge >= 0.3 is 0 Å². The molecule has 14 heavy (non-hydrogen) atoms. The van der Waals surface area contributed by atoms with Gasteiger partial charge < -0.3 is 10.4 Å². The predicted molar refractivity (Wildman–Crippen MR) is 54.7 cm³/mol. The van der Waals surface area contributed by atoms with Gasteiger partial charge in [0.15, 0.2) is 6.10 Å². The molecule has 0 aliphatic rings. The van der Waals surface area contributed by atoms with Gasteiger partial charge in [-0.1, -0.05) is 30.3 Å². The van der Waals surface area contributed by atoms with Gasteiger partial charge in [0, 0.05) is 6.04 Å². The van der Waals surface area contributed by atoms with Crippen LogP contribution >= 0.6 is 0 Å². The van der Waals surface area contributed by atoms with Crippen molar-refractivity contribution in [3.8, 4) is 0 Å². The molecule has 0 spiro atoms. The van der Waals surface area contributed by atoms with Crippen LogP contribution in [0.25, 0.3) is 0 Å². The average molecular weight is 193 g/mol. The van der Waals surface area contributed by atoms with Gasteiger partial charge in [0.05, 0.1) is 0 Å². The minimum Gasteiger partial charge on any atom is -0.378 e.